The second-order valence-corrected chi connectivity index (χ2v) is 4.90. The van der Waals surface area contributed by atoms with E-state index in [1.807, 2.05) is 0 Å². The molecule has 0 radical (unpaired) electrons. The van der Waals surface area contributed by atoms with Crippen molar-refractivity contribution in [2.45, 2.75) is 26.4 Å². The summed E-state index contributed by atoms with van der Waals surface area (Å²) in [5, 5.41) is 3.10. The van der Waals surface area contributed by atoms with Crippen molar-refractivity contribution in [3.8, 4) is 12.3 Å². The van der Waals surface area contributed by atoms with Crippen molar-refractivity contribution in [2.75, 3.05) is 5.32 Å². The molecule has 17 heavy (non-hydrogen) atoms. The summed E-state index contributed by atoms with van der Waals surface area (Å²) in [7, 11) is 0. The molecule has 0 aliphatic carbocycles. The minimum absolute atomic E-state index is 0.506. The molecule has 1 aromatic carbocycles. The predicted octanol–water partition coefficient (Wildman–Crippen LogP) is 3.67. The average molecular weight is 252 g/mol. The molecule has 0 spiro atoms. The van der Waals surface area contributed by atoms with Gasteiger partial charge in [0, 0.05) is 10.6 Å². The van der Waals surface area contributed by atoms with Crippen LogP contribution in [0.4, 0.5) is 10.5 Å². The van der Waals surface area contributed by atoms with Gasteiger partial charge < -0.3 is 4.74 Å². The van der Waals surface area contributed by atoms with Crippen LogP contribution in [0.3, 0.4) is 0 Å². The van der Waals surface area contributed by atoms with E-state index in [2.05, 4.69) is 11.2 Å². The number of carbonyl (C=O) groups excluding carboxylic acids is 1. The topological polar surface area (TPSA) is 38.3 Å². The third-order valence-electron chi connectivity index (χ3n) is 1.77. The first kappa shape index (κ1) is 13.4. The normalized spacial score (nSPS) is 10.5. The van der Waals surface area contributed by atoms with E-state index in [-0.39, 0.29) is 0 Å². The molecule has 3 nitrogen and oxygen atoms in total. The van der Waals surface area contributed by atoms with Gasteiger partial charge in [-0.25, -0.2) is 4.79 Å². The first-order chi connectivity index (χ1) is 7.81. The summed E-state index contributed by atoms with van der Waals surface area (Å²) in [6.07, 6.45) is 4.78. The van der Waals surface area contributed by atoms with Gasteiger partial charge in [0.2, 0.25) is 0 Å². The molecule has 0 unspecified atom stereocenters. The first-order valence-corrected chi connectivity index (χ1v) is 5.46. The molecule has 0 atom stereocenters. The molecule has 90 valence electrons. The summed E-state index contributed by atoms with van der Waals surface area (Å²) >= 11 is 5.80. The Morgan fingerprint density at radius 2 is 2.12 bits per heavy atom. The summed E-state index contributed by atoms with van der Waals surface area (Å²) < 4.78 is 5.12. The summed E-state index contributed by atoms with van der Waals surface area (Å²) in [5.74, 6) is 2.45. The van der Waals surface area contributed by atoms with Crippen LogP contribution >= 0.6 is 11.6 Å². The van der Waals surface area contributed by atoms with Crippen molar-refractivity contribution < 1.29 is 9.53 Å². The zero-order valence-corrected chi connectivity index (χ0v) is 10.8. The molecule has 0 fully saturated rings. The van der Waals surface area contributed by atoms with Gasteiger partial charge >= 0.3 is 6.09 Å². The number of amides is 1. The molecule has 1 amide bonds. The lowest BCUT2D eigenvalue weighted by molar-refractivity contribution is 0.0636. The van der Waals surface area contributed by atoms with Gasteiger partial charge in [0.05, 0.1) is 5.69 Å². The van der Waals surface area contributed by atoms with Crippen molar-refractivity contribution in [2.24, 2.45) is 0 Å². The highest BCUT2D eigenvalue weighted by Gasteiger charge is 2.16. The van der Waals surface area contributed by atoms with Gasteiger partial charge in [-0.1, -0.05) is 17.5 Å². The second kappa shape index (κ2) is 5.11. The molecule has 0 heterocycles. The van der Waals surface area contributed by atoms with E-state index in [1.165, 1.54) is 0 Å². The van der Waals surface area contributed by atoms with Crippen LogP contribution in [0.2, 0.25) is 5.02 Å². The van der Waals surface area contributed by atoms with E-state index < -0.39 is 11.7 Å². The van der Waals surface area contributed by atoms with Crippen molar-refractivity contribution in [1.82, 2.24) is 0 Å². The Bertz CT molecular complexity index is 469. The fraction of sp³-hybridized carbons (Fsp3) is 0.308. The smallest absolute Gasteiger partial charge is 0.412 e. The van der Waals surface area contributed by atoms with Crippen LogP contribution in [0.25, 0.3) is 0 Å². The number of anilines is 1. The van der Waals surface area contributed by atoms with Gasteiger partial charge in [-0.05, 0) is 39.0 Å². The third-order valence-corrected chi connectivity index (χ3v) is 2.01. The maximum atomic E-state index is 11.5. The minimum Gasteiger partial charge on any atom is -0.444 e. The number of rotatable bonds is 1. The predicted molar refractivity (Wildman–Crippen MR) is 69.2 cm³/mol. The van der Waals surface area contributed by atoms with Gasteiger partial charge in [-0.3, -0.25) is 5.32 Å². The lowest BCUT2D eigenvalue weighted by Crippen LogP contribution is -2.27. The van der Waals surface area contributed by atoms with Gasteiger partial charge in [0.15, 0.2) is 0 Å². The van der Waals surface area contributed by atoms with Crippen LogP contribution in [0.15, 0.2) is 18.2 Å². The molecule has 0 saturated heterocycles. The number of hydrogen-bond acceptors (Lipinski definition) is 2. The van der Waals surface area contributed by atoms with Crippen LogP contribution < -0.4 is 5.32 Å². The largest absolute Gasteiger partial charge is 0.444 e. The fourth-order valence-electron chi connectivity index (χ4n) is 1.16. The van der Waals surface area contributed by atoms with E-state index in [1.54, 1.807) is 39.0 Å². The Balaban J connectivity index is 2.83. The molecule has 0 saturated carbocycles. The Kier molecular flexibility index (Phi) is 4.03. The number of halogens is 1. The zero-order valence-electron chi connectivity index (χ0n) is 10.0. The minimum atomic E-state index is -0.549. The van der Waals surface area contributed by atoms with Gasteiger partial charge in [-0.15, -0.1) is 6.42 Å². The molecule has 1 rings (SSSR count). The molecule has 0 bridgehead atoms. The van der Waals surface area contributed by atoms with Crippen molar-refractivity contribution in [3.63, 3.8) is 0 Å². The standard InChI is InChI=1S/C13H14ClNO2/c1-5-9-8-10(14)6-7-11(9)15-12(16)17-13(2,3)4/h1,6-8H,2-4H3,(H,15,16). The Morgan fingerprint density at radius 3 is 2.65 bits per heavy atom. The van der Waals surface area contributed by atoms with Gasteiger partial charge in [0.25, 0.3) is 0 Å². The molecule has 0 aliphatic heterocycles. The van der Waals surface area contributed by atoms with Crippen LogP contribution in [0, 0.1) is 12.3 Å². The molecule has 1 N–H and O–H groups in total. The maximum Gasteiger partial charge on any atom is 0.412 e. The van der Waals surface area contributed by atoms with E-state index in [0.29, 0.717) is 16.3 Å². The van der Waals surface area contributed by atoms with Crippen molar-refractivity contribution in [3.05, 3.63) is 28.8 Å². The van der Waals surface area contributed by atoms with Crippen LogP contribution in [-0.4, -0.2) is 11.7 Å². The molecule has 1 aromatic rings. The van der Waals surface area contributed by atoms with E-state index in [9.17, 15) is 4.79 Å². The summed E-state index contributed by atoms with van der Waals surface area (Å²) in [4.78, 5) is 11.5. The molecule has 0 aromatic heterocycles. The Morgan fingerprint density at radius 1 is 1.47 bits per heavy atom. The van der Waals surface area contributed by atoms with Gasteiger partial charge in [-0.2, -0.15) is 0 Å². The monoisotopic (exact) mass is 251 g/mol. The van der Waals surface area contributed by atoms with Crippen LogP contribution in [0.5, 0.6) is 0 Å². The number of benzene rings is 1. The van der Waals surface area contributed by atoms with E-state index in [0.717, 1.165) is 0 Å². The second-order valence-electron chi connectivity index (χ2n) is 4.46. The van der Waals surface area contributed by atoms with Crippen LogP contribution in [-0.2, 0) is 4.74 Å². The summed E-state index contributed by atoms with van der Waals surface area (Å²) in [6.45, 7) is 5.36. The lowest BCUT2D eigenvalue weighted by Gasteiger charge is -2.20. The number of ether oxygens (including phenoxy) is 1. The molecular weight excluding hydrogens is 238 g/mol. The first-order valence-electron chi connectivity index (χ1n) is 5.08. The SMILES string of the molecule is C#Cc1cc(Cl)ccc1NC(=O)OC(C)(C)C. The van der Waals surface area contributed by atoms with Gasteiger partial charge in [0.1, 0.15) is 5.60 Å². The third kappa shape index (κ3) is 4.38. The fourth-order valence-corrected chi connectivity index (χ4v) is 1.33. The summed E-state index contributed by atoms with van der Waals surface area (Å²) in [6, 6.07) is 4.89. The van der Waals surface area contributed by atoms with E-state index in [4.69, 9.17) is 22.8 Å². The summed E-state index contributed by atoms with van der Waals surface area (Å²) in [5.41, 5.74) is 0.474. The number of hydrogen-bond donors (Lipinski definition) is 1. The molecular formula is C13H14ClNO2. The molecule has 4 heteroatoms. The number of terminal acetylenes is 1. The number of nitrogens with one attached hydrogen (secondary N) is 1. The zero-order chi connectivity index (χ0) is 13.1. The average Bonchev–Trinajstić information content (AvgIpc) is 2.17. The lowest BCUT2D eigenvalue weighted by atomic mass is 10.2. The Labute approximate surface area is 106 Å². The van der Waals surface area contributed by atoms with E-state index >= 15 is 0 Å². The quantitative estimate of drug-likeness (QED) is 0.774. The highest BCUT2D eigenvalue weighted by atomic mass is 35.5. The number of carbonyl (C=O) groups is 1. The highest BCUT2D eigenvalue weighted by Crippen LogP contribution is 2.20. The Hall–Kier alpha value is -1.66. The maximum absolute atomic E-state index is 11.5. The van der Waals surface area contributed by atoms with Crippen molar-refractivity contribution >= 4 is 23.4 Å². The molecule has 0 aliphatic rings. The highest BCUT2D eigenvalue weighted by molar-refractivity contribution is 6.30. The van der Waals surface area contributed by atoms with Crippen LogP contribution in [0.1, 0.15) is 26.3 Å². The van der Waals surface area contributed by atoms with Crippen molar-refractivity contribution in [1.29, 1.82) is 0 Å².